The molecule has 4 atom stereocenters. The van der Waals surface area contributed by atoms with E-state index in [1.807, 2.05) is 31.2 Å². The lowest BCUT2D eigenvalue weighted by atomic mass is 9.72. The molecule has 326 valence electrons. The molecule has 2 bridgehead atoms. The summed E-state index contributed by atoms with van der Waals surface area (Å²) in [5.74, 6) is 0.679. The second-order valence-electron chi connectivity index (χ2n) is 18.5. The zero-order valence-corrected chi connectivity index (χ0v) is 37.5. The third kappa shape index (κ3) is 9.05. The maximum Gasteiger partial charge on any atom is 0.268 e. The average molecular weight is 900 g/mol. The number of hydrogen-bond acceptors (Lipinski definition) is 10. The van der Waals surface area contributed by atoms with Gasteiger partial charge in [-0.3, -0.25) is 9.69 Å². The predicted octanol–water partition coefficient (Wildman–Crippen LogP) is 9.14. The fourth-order valence-electron chi connectivity index (χ4n) is 9.93. The number of anilines is 1. The van der Waals surface area contributed by atoms with Gasteiger partial charge in [0.1, 0.15) is 27.1 Å². The van der Waals surface area contributed by atoms with E-state index in [0.717, 1.165) is 93.5 Å². The van der Waals surface area contributed by atoms with Crippen LogP contribution in [0.1, 0.15) is 75.2 Å². The molecule has 15 heteroatoms. The summed E-state index contributed by atoms with van der Waals surface area (Å²) in [6.45, 7) is 11.1. The first kappa shape index (κ1) is 42.6. The van der Waals surface area contributed by atoms with E-state index in [1.54, 1.807) is 30.6 Å². The van der Waals surface area contributed by atoms with Crippen LogP contribution in [0.5, 0.6) is 17.4 Å². The number of sulfonamides is 1. The molecule has 3 aliphatic carbocycles. The number of fused-ring (bicyclic) bond motifs is 3. The van der Waals surface area contributed by atoms with Crippen LogP contribution in [0.2, 0.25) is 10.0 Å². The summed E-state index contributed by atoms with van der Waals surface area (Å²) in [7, 11) is -4.42. The van der Waals surface area contributed by atoms with Gasteiger partial charge in [-0.05, 0) is 122 Å². The second-order valence-corrected chi connectivity index (χ2v) is 21.0. The van der Waals surface area contributed by atoms with E-state index >= 15 is 0 Å². The molecule has 1 aliphatic heterocycles. The van der Waals surface area contributed by atoms with E-state index in [-0.39, 0.29) is 44.4 Å². The predicted molar refractivity (Wildman–Crippen MR) is 242 cm³/mol. The Morgan fingerprint density at radius 3 is 2.50 bits per heavy atom. The number of aliphatic hydroxyl groups is 1. The number of H-pyrrole nitrogens is 1. The third-order valence-electron chi connectivity index (χ3n) is 13.5. The Bertz CT molecular complexity index is 2640. The van der Waals surface area contributed by atoms with Gasteiger partial charge in [0, 0.05) is 61.1 Å². The van der Waals surface area contributed by atoms with Crippen molar-refractivity contribution >= 4 is 61.4 Å². The molecule has 1 amide bonds. The molecular weight excluding hydrogens is 848 g/mol. The number of allylic oxidation sites excluding steroid dienone is 1. The topological polar surface area (TPSA) is 150 Å². The number of halogens is 2. The quantitative estimate of drug-likeness (QED) is 0.111. The van der Waals surface area contributed by atoms with Crippen LogP contribution < -0.4 is 19.1 Å². The van der Waals surface area contributed by atoms with Crippen LogP contribution >= 0.6 is 23.2 Å². The number of rotatable bonds is 12. The largest absolute Gasteiger partial charge is 0.476 e. The number of amides is 1. The molecule has 5 aromatic rings. The van der Waals surface area contributed by atoms with Gasteiger partial charge in [-0.2, -0.15) is 0 Å². The minimum absolute atomic E-state index is 0.0120. The molecule has 3 aromatic heterocycles. The van der Waals surface area contributed by atoms with Gasteiger partial charge in [-0.15, -0.1) is 0 Å². The Labute approximate surface area is 372 Å². The molecule has 12 nitrogen and oxygen atoms in total. The first-order valence-corrected chi connectivity index (χ1v) is 23.6. The van der Waals surface area contributed by atoms with Crippen molar-refractivity contribution in [3.8, 4) is 17.4 Å². The molecule has 4 aliphatic rings. The number of ether oxygens (including phenoxy) is 2. The Kier molecular flexibility index (Phi) is 11.6. The van der Waals surface area contributed by atoms with E-state index < -0.39 is 21.5 Å². The molecule has 4 heterocycles. The van der Waals surface area contributed by atoms with E-state index in [1.165, 1.54) is 22.8 Å². The third-order valence-corrected chi connectivity index (χ3v) is 15.3. The van der Waals surface area contributed by atoms with Crippen LogP contribution in [0.4, 0.5) is 5.69 Å². The molecule has 0 spiro atoms. The van der Waals surface area contributed by atoms with E-state index in [2.05, 4.69) is 55.5 Å². The van der Waals surface area contributed by atoms with Crippen LogP contribution in [-0.2, 0) is 10.0 Å². The highest BCUT2D eigenvalue weighted by Crippen LogP contribution is 2.53. The van der Waals surface area contributed by atoms with Crippen molar-refractivity contribution in [1.29, 1.82) is 0 Å². The van der Waals surface area contributed by atoms with Crippen molar-refractivity contribution < 1.29 is 27.8 Å². The summed E-state index contributed by atoms with van der Waals surface area (Å²) >= 11 is 12.7. The number of pyridine rings is 2. The number of carbonyl (C=O) groups is 1. The average Bonchev–Trinajstić information content (AvgIpc) is 3.95. The van der Waals surface area contributed by atoms with Crippen LogP contribution in [-0.4, -0.2) is 84.2 Å². The van der Waals surface area contributed by atoms with Crippen molar-refractivity contribution in [3.63, 3.8) is 0 Å². The molecule has 3 N–H and O–H groups in total. The molecule has 1 saturated heterocycles. The maximum atomic E-state index is 13.9. The molecule has 2 saturated carbocycles. The fourth-order valence-corrected chi connectivity index (χ4v) is 11.3. The summed E-state index contributed by atoms with van der Waals surface area (Å²) in [5, 5.41) is 12.1. The number of aromatic amines is 1. The van der Waals surface area contributed by atoms with Gasteiger partial charge in [0.25, 0.3) is 15.9 Å². The summed E-state index contributed by atoms with van der Waals surface area (Å²) < 4.78 is 41.8. The number of nitrogens with zero attached hydrogens (tertiary/aromatic N) is 4. The summed E-state index contributed by atoms with van der Waals surface area (Å²) in [6, 6.07) is 18.3. The van der Waals surface area contributed by atoms with Gasteiger partial charge >= 0.3 is 0 Å². The minimum atomic E-state index is -4.42. The molecule has 0 radical (unpaired) electrons. The van der Waals surface area contributed by atoms with E-state index in [0.29, 0.717) is 23.9 Å². The minimum Gasteiger partial charge on any atom is -0.476 e. The molecule has 2 aromatic carbocycles. The van der Waals surface area contributed by atoms with Crippen molar-refractivity contribution in [2.45, 2.75) is 69.8 Å². The van der Waals surface area contributed by atoms with Crippen LogP contribution in [0.15, 0.2) is 89.7 Å². The number of benzene rings is 2. The Hall–Kier alpha value is -4.66. The summed E-state index contributed by atoms with van der Waals surface area (Å²) in [5.41, 5.74) is 5.31. The molecule has 62 heavy (non-hydrogen) atoms. The van der Waals surface area contributed by atoms with Crippen LogP contribution in [0.25, 0.3) is 16.6 Å². The van der Waals surface area contributed by atoms with Crippen molar-refractivity contribution in [3.05, 3.63) is 106 Å². The van der Waals surface area contributed by atoms with Crippen molar-refractivity contribution in [2.24, 2.45) is 23.2 Å². The lowest BCUT2D eigenvalue weighted by Crippen LogP contribution is -2.47. The smallest absolute Gasteiger partial charge is 0.268 e. The highest BCUT2D eigenvalue weighted by atomic mass is 35.5. The fraction of sp³-hybridized carbons (Fsp3) is 0.426. The number of hydrogen-bond donors (Lipinski definition) is 3. The number of nitrogens with one attached hydrogen (secondary N) is 2. The number of aromatic nitrogens is 3. The van der Waals surface area contributed by atoms with E-state index in [4.69, 9.17) is 32.7 Å². The summed E-state index contributed by atoms with van der Waals surface area (Å²) in [4.78, 5) is 30.1. The lowest BCUT2D eigenvalue weighted by molar-refractivity contribution is -0.0121. The summed E-state index contributed by atoms with van der Waals surface area (Å²) in [6.07, 6.45) is 10.3. The highest BCUT2D eigenvalue weighted by Gasteiger charge is 2.51. The van der Waals surface area contributed by atoms with Crippen LogP contribution in [0, 0.1) is 23.2 Å². The standard InChI is InChI=1S/C47H52Cl2N6O6S/c1-46(2)12-10-31(40(24-46)29-4-6-35(48)7-5-29)27-54-14-16-55(17-15-54)36-8-9-39(42(21-36)61-37-20-30-11-13-50-43(30)51-25-37)44(56)53-62(58,59)38-22-41(49)45(52-26-38)60-28-33-19-34-18-32(33)23-47(34,3)57/h4-9,11,13,20-22,25-26,32-34,57H,10,12,14-19,23-24,27-28H2,1-3H3,(H,50,51)(H,53,56)/t32-,33-,34+,47-/m1/s1. The van der Waals surface area contributed by atoms with Gasteiger partial charge in [-0.1, -0.05) is 54.8 Å². The maximum absolute atomic E-state index is 13.9. The molecule has 9 rings (SSSR count). The highest BCUT2D eigenvalue weighted by molar-refractivity contribution is 7.90. The number of piperazine rings is 1. The first-order valence-electron chi connectivity index (χ1n) is 21.4. The second kappa shape index (κ2) is 16.8. The van der Waals surface area contributed by atoms with Gasteiger partial charge in [0.15, 0.2) is 0 Å². The Morgan fingerprint density at radius 2 is 1.77 bits per heavy atom. The van der Waals surface area contributed by atoms with Gasteiger partial charge in [0.05, 0.1) is 30.2 Å². The Balaban J connectivity index is 0.899. The molecular formula is C47H52Cl2N6O6S. The van der Waals surface area contributed by atoms with E-state index in [9.17, 15) is 18.3 Å². The lowest BCUT2D eigenvalue weighted by Gasteiger charge is -2.39. The normalized spacial score (nSPS) is 23.8. The van der Waals surface area contributed by atoms with Crippen molar-refractivity contribution in [1.82, 2.24) is 24.6 Å². The monoisotopic (exact) mass is 898 g/mol. The SMILES string of the molecule is CC1(C)CCC(CN2CCN(c3ccc(C(=O)NS(=O)(=O)c4cnc(OC[C@H]5C[C@@H]6C[C@@H]5C[C@@]6(C)O)c(Cl)c4)c(Oc4cnc5[nH]ccc5c4)c3)CC2)=C(c2ccc(Cl)cc2)C1. The first-order chi connectivity index (χ1) is 29.6. The van der Waals surface area contributed by atoms with Gasteiger partial charge in [0.2, 0.25) is 5.88 Å². The molecule has 0 unspecified atom stereocenters. The number of carbonyl (C=O) groups excluding carboxylic acids is 1. The zero-order valence-electron chi connectivity index (χ0n) is 35.2. The molecule has 3 fully saturated rings. The van der Waals surface area contributed by atoms with Gasteiger partial charge < -0.3 is 24.5 Å². The van der Waals surface area contributed by atoms with Gasteiger partial charge in [-0.25, -0.2) is 23.1 Å². The van der Waals surface area contributed by atoms with Crippen LogP contribution in [0.3, 0.4) is 0 Å². The van der Waals surface area contributed by atoms with Crippen molar-refractivity contribution in [2.75, 3.05) is 44.2 Å². The Morgan fingerprint density at radius 1 is 0.984 bits per heavy atom. The zero-order chi connectivity index (χ0) is 43.4.